The minimum Gasteiger partial charge on any atom is -0.312 e. The molecule has 0 atom stereocenters. The molecule has 0 aliphatic heterocycles. The summed E-state index contributed by atoms with van der Waals surface area (Å²) in [5.41, 5.74) is 1.01. The number of hydrogen-bond acceptors (Lipinski definition) is 4. The Morgan fingerprint density at radius 3 is 2.79 bits per heavy atom. The molecule has 72 valence electrons. The Morgan fingerprint density at radius 2 is 2.07 bits per heavy atom. The van der Waals surface area contributed by atoms with E-state index in [2.05, 4.69) is 19.9 Å². The maximum Gasteiger partial charge on any atom is 0.262 e. The maximum absolute atomic E-state index is 11.5. The number of aromatic amines is 1. The molecule has 0 saturated heterocycles. The fourth-order valence-corrected chi connectivity index (χ4v) is 1.37. The molecule has 2 aromatic rings. The first kappa shape index (κ1) is 8.80. The predicted octanol–water partition coefficient (Wildman–Crippen LogP) is 0.836. The van der Waals surface area contributed by atoms with Crippen molar-refractivity contribution in [1.29, 1.82) is 0 Å². The third-order valence-corrected chi connectivity index (χ3v) is 2.01. The highest BCUT2D eigenvalue weighted by Gasteiger charge is 2.10. The summed E-state index contributed by atoms with van der Waals surface area (Å²) in [6.45, 7) is 3.96. The van der Waals surface area contributed by atoms with Crippen molar-refractivity contribution in [3.05, 3.63) is 28.7 Å². The Hall–Kier alpha value is -1.78. The normalized spacial score (nSPS) is 11.1. The summed E-state index contributed by atoms with van der Waals surface area (Å²) in [4.78, 5) is 26.1. The lowest BCUT2D eigenvalue weighted by Gasteiger charge is -2.05. The van der Waals surface area contributed by atoms with Crippen molar-refractivity contribution in [2.75, 3.05) is 0 Å². The third-order valence-electron chi connectivity index (χ3n) is 2.01. The van der Waals surface area contributed by atoms with Gasteiger partial charge in [-0.3, -0.25) is 4.79 Å². The van der Waals surface area contributed by atoms with Crippen LogP contribution in [0.15, 0.2) is 17.4 Å². The van der Waals surface area contributed by atoms with Crippen LogP contribution >= 0.6 is 0 Å². The van der Waals surface area contributed by atoms with Crippen molar-refractivity contribution >= 4 is 11.0 Å². The van der Waals surface area contributed by atoms with Crippen LogP contribution in [-0.4, -0.2) is 19.9 Å². The smallest absolute Gasteiger partial charge is 0.262 e. The van der Waals surface area contributed by atoms with Gasteiger partial charge in [0.05, 0.1) is 12.0 Å². The first-order chi connectivity index (χ1) is 6.70. The topological polar surface area (TPSA) is 71.5 Å². The van der Waals surface area contributed by atoms with Crippen LogP contribution in [0.3, 0.4) is 0 Å². The summed E-state index contributed by atoms with van der Waals surface area (Å²) >= 11 is 0. The molecular weight excluding hydrogens is 180 g/mol. The molecule has 5 heteroatoms. The number of hydrogen-bond donors (Lipinski definition) is 1. The van der Waals surface area contributed by atoms with Crippen LogP contribution in [0.5, 0.6) is 0 Å². The van der Waals surface area contributed by atoms with Crippen LogP contribution < -0.4 is 5.56 Å². The van der Waals surface area contributed by atoms with Crippen LogP contribution in [0.25, 0.3) is 11.0 Å². The van der Waals surface area contributed by atoms with Gasteiger partial charge < -0.3 is 4.98 Å². The average molecular weight is 190 g/mol. The van der Waals surface area contributed by atoms with E-state index in [1.807, 2.05) is 13.8 Å². The number of aromatic nitrogens is 4. The summed E-state index contributed by atoms with van der Waals surface area (Å²) in [7, 11) is 0. The zero-order valence-corrected chi connectivity index (χ0v) is 7.98. The molecule has 2 rings (SSSR count). The molecule has 2 heterocycles. The number of nitrogens with zero attached hydrogens (tertiary/aromatic N) is 3. The second kappa shape index (κ2) is 3.17. The summed E-state index contributed by atoms with van der Waals surface area (Å²) in [5.74, 6) is 0.186. The van der Waals surface area contributed by atoms with E-state index in [1.165, 1.54) is 12.7 Å². The van der Waals surface area contributed by atoms with E-state index in [9.17, 15) is 4.79 Å². The van der Waals surface area contributed by atoms with Crippen molar-refractivity contribution in [3.8, 4) is 0 Å². The van der Waals surface area contributed by atoms with Gasteiger partial charge in [-0.2, -0.15) is 0 Å². The Balaban J connectivity index is 2.91. The lowest BCUT2D eigenvalue weighted by Crippen LogP contribution is -2.11. The Morgan fingerprint density at radius 1 is 1.29 bits per heavy atom. The molecule has 0 aromatic carbocycles. The Kier molecular flexibility index (Phi) is 1.99. The van der Waals surface area contributed by atoms with Gasteiger partial charge in [-0.25, -0.2) is 15.0 Å². The van der Waals surface area contributed by atoms with Crippen molar-refractivity contribution in [2.24, 2.45) is 0 Å². The van der Waals surface area contributed by atoms with Gasteiger partial charge in [-0.1, -0.05) is 13.8 Å². The van der Waals surface area contributed by atoms with Gasteiger partial charge in [0.2, 0.25) is 0 Å². The number of nitrogens with one attached hydrogen (secondary N) is 1. The Labute approximate surface area is 80.2 Å². The van der Waals surface area contributed by atoms with Gasteiger partial charge in [0.25, 0.3) is 5.56 Å². The summed E-state index contributed by atoms with van der Waals surface area (Å²) < 4.78 is 0. The molecule has 2 aromatic heterocycles. The van der Waals surface area contributed by atoms with Crippen LogP contribution in [0, 0.1) is 0 Å². The molecule has 0 fully saturated rings. The molecule has 0 spiro atoms. The van der Waals surface area contributed by atoms with Gasteiger partial charge in [0, 0.05) is 0 Å². The van der Waals surface area contributed by atoms with Crippen LogP contribution in [0.4, 0.5) is 0 Å². The molecule has 0 aliphatic carbocycles. The average Bonchev–Trinajstić information content (AvgIpc) is 2.17. The fourth-order valence-electron chi connectivity index (χ4n) is 1.37. The molecule has 0 amide bonds. The number of fused-ring (bicyclic) bond motifs is 1. The molecule has 0 radical (unpaired) electrons. The highest BCUT2D eigenvalue weighted by molar-refractivity contribution is 5.75. The van der Waals surface area contributed by atoms with Gasteiger partial charge in [0.1, 0.15) is 11.7 Å². The number of rotatable bonds is 1. The zero-order chi connectivity index (χ0) is 10.1. The molecule has 0 unspecified atom stereocenters. The minimum atomic E-state index is -0.181. The van der Waals surface area contributed by atoms with E-state index < -0.39 is 0 Å². The fraction of sp³-hybridized carbons (Fsp3) is 0.333. The second-order valence-electron chi connectivity index (χ2n) is 3.34. The SMILES string of the molecule is CC(C)c1ncnc2nc[nH]c(=O)c12. The van der Waals surface area contributed by atoms with Gasteiger partial charge in [-0.15, -0.1) is 0 Å². The Bertz CT molecular complexity index is 512. The molecule has 5 nitrogen and oxygen atoms in total. The van der Waals surface area contributed by atoms with E-state index in [0.717, 1.165) is 5.69 Å². The monoisotopic (exact) mass is 190 g/mol. The molecule has 14 heavy (non-hydrogen) atoms. The molecular formula is C9H10N4O. The lowest BCUT2D eigenvalue weighted by atomic mass is 10.1. The van der Waals surface area contributed by atoms with Crippen LogP contribution in [0.1, 0.15) is 25.5 Å². The first-order valence-electron chi connectivity index (χ1n) is 4.38. The van der Waals surface area contributed by atoms with Crippen molar-refractivity contribution in [3.63, 3.8) is 0 Å². The molecule has 1 N–H and O–H groups in total. The lowest BCUT2D eigenvalue weighted by molar-refractivity contribution is 0.824. The third kappa shape index (κ3) is 1.26. The maximum atomic E-state index is 11.5. The highest BCUT2D eigenvalue weighted by Crippen LogP contribution is 2.16. The number of H-pyrrole nitrogens is 1. The van der Waals surface area contributed by atoms with Crippen molar-refractivity contribution in [1.82, 2.24) is 19.9 Å². The molecule has 0 saturated carbocycles. The second-order valence-corrected chi connectivity index (χ2v) is 3.34. The quantitative estimate of drug-likeness (QED) is 0.723. The van der Waals surface area contributed by atoms with Crippen molar-refractivity contribution < 1.29 is 0 Å². The van der Waals surface area contributed by atoms with Crippen LogP contribution in [0.2, 0.25) is 0 Å². The largest absolute Gasteiger partial charge is 0.312 e. The molecule has 0 aliphatic rings. The first-order valence-corrected chi connectivity index (χ1v) is 4.38. The van der Waals surface area contributed by atoms with E-state index in [0.29, 0.717) is 11.0 Å². The summed E-state index contributed by atoms with van der Waals surface area (Å²) in [6, 6.07) is 0. The van der Waals surface area contributed by atoms with Crippen molar-refractivity contribution in [2.45, 2.75) is 19.8 Å². The minimum absolute atomic E-state index is 0.181. The summed E-state index contributed by atoms with van der Waals surface area (Å²) in [6.07, 6.45) is 2.78. The van der Waals surface area contributed by atoms with Gasteiger partial charge >= 0.3 is 0 Å². The molecule has 0 bridgehead atoms. The van der Waals surface area contributed by atoms with Gasteiger partial charge in [-0.05, 0) is 5.92 Å². The van der Waals surface area contributed by atoms with E-state index >= 15 is 0 Å². The van der Waals surface area contributed by atoms with E-state index in [1.54, 1.807) is 0 Å². The van der Waals surface area contributed by atoms with E-state index in [4.69, 9.17) is 0 Å². The predicted molar refractivity (Wildman–Crippen MR) is 52.0 cm³/mol. The highest BCUT2D eigenvalue weighted by atomic mass is 16.1. The van der Waals surface area contributed by atoms with Crippen LogP contribution in [-0.2, 0) is 0 Å². The summed E-state index contributed by atoms with van der Waals surface area (Å²) in [5, 5.41) is 0.491. The zero-order valence-electron chi connectivity index (χ0n) is 7.98. The van der Waals surface area contributed by atoms with E-state index in [-0.39, 0.29) is 11.5 Å². The van der Waals surface area contributed by atoms with Gasteiger partial charge in [0.15, 0.2) is 5.65 Å². The standard InChI is InChI=1S/C9H10N4O/c1-5(2)7-6-8(11-3-10-7)12-4-13-9(6)14/h3-5H,1-2H3,(H,10,11,12,13,14).